The van der Waals surface area contributed by atoms with Gasteiger partial charge in [-0.3, -0.25) is 30.8 Å². The van der Waals surface area contributed by atoms with Crippen LogP contribution in [0.2, 0.25) is 0 Å². The number of aliphatic imine (C=N–C) groups is 2. The molecule has 2 aliphatic carbocycles. The molecule has 0 amide bonds. The summed E-state index contributed by atoms with van der Waals surface area (Å²) in [7, 11) is 0. The minimum atomic E-state index is -0.745. The summed E-state index contributed by atoms with van der Waals surface area (Å²) in [5, 5.41) is 22.9. The fourth-order valence-corrected chi connectivity index (χ4v) is 10.2. The van der Waals surface area contributed by atoms with Crippen LogP contribution in [0, 0.1) is 10.8 Å². The Bertz CT molecular complexity index is 3320. The van der Waals surface area contributed by atoms with Crippen LogP contribution in [-0.4, -0.2) is 50.6 Å². The Balaban J connectivity index is 1.10. The van der Waals surface area contributed by atoms with Crippen molar-refractivity contribution in [1.29, 1.82) is 10.8 Å². The van der Waals surface area contributed by atoms with Gasteiger partial charge in [-0.05, 0) is 113 Å². The standard InChI is InChI=1S/C53H45N9S2/c1-30(2)56-40-14-11-15-41(47(40)55)62(42-28-26-36(46(54)49(42)57-31(3)4)32-18-22-34(23-19-32)51-58-38-12-7-9-16-44(38)63-51)43-29-27-37(48-50(43)61-53(5,6)60-48)33-20-24-35(25-21-33)52-59-39-13-8-10-17-45(39)64-52/h7-31,54-55H,1-6H3. The number of rotatable bonds is 9. The molecule has 0 bridgehead atoms. The normalized spacial score (nSPS) is 17.0. The van der Waals surface area contributed by atoms with E-state index in [-0.39, 0.29) is 17.8 Å². The SMILES string of the molecule is CC(C)N=C1C=CC=C(N(C2=CC=C(c3ccc(-c4nc5ccccc5s4)cc3)C(=N)C2=NC(C)C)c2ccc(-c3ccc(-c4nc5ccccc5s4)cc3)c3c2=NC(C)(C)N=3)C1=N. The number of fused-ring (bicyclic) bond motifs is 3. The van der Waals surface area contributed by atoms with E-state index in [1.54, 1.807) is 22.7 Å². The second-order valence-electron chi connectivity index (χ2n) is 17.0. The van der Waals surface area contributed by atoms with Crippen LogP contribution in [0.25, 0.3) is 58.3 Å². The molecule has 314 valence electrons. The fourth-order valence-electron chi connectivity index (χ4n) is 8.23. The maximum absolute atomic E-state index is 9.85. The minimum Gasteiger partial charge on any atom is -0.304 e. The van der Waals surface area contributed by atoms with Crippen molar-refractivity contribution in [3.8, 4) is 32.3 Å². The lowest BCUT2D eigenvalue weighted by Gasteiger charge is -2.34. The average molecular weight is 872 g/mol. The number of nitrogens with zero attached hydrogens (tertiary/aromatic N) is 7. The molecular formula is C53H45N9S2. The first-order valence-corrected chi connectivity index (χ1v) is 23.0. The van der Waals surface area contributed by atoms with Gasteiger partial charge in [0.2, 0.25) is 0 Å². The van der Waals surface area contributed by atoms with Gasteiger partial charge in [0.25, 0.3) is 0 Å². The topological polar surface area (TPSA) is 126 Å². The Kier molecular flexibility index (Phi) is 10.4. The molecule has 9 nitrogen and oxygen atoms in total. The molecule has 10 rings (SSSR count). The molecule has 0 unspecified atom stereocenters. The summed E-state index contributed by atoms with van der Waals surface area (Å²) >= 11 is 3.36. The Labute approximate surface area is 379 Å². The molecule has 1 aliphatic heterocycles. The zero-order chi connectivity index (χ0) is 44.3. The number of allylic oxidation sites excluding steroid dienone is 8. The number of hydrogen-bond donors (Lipinski definition) is 2. The Morgan fingerprint density at radius 1 is 0.578 bits per heavy atom. The number of hydrogen-bond acceptors (Lipinski definition) is 11. The van der Waals surface area contributed by atoms with Gasteiger partial charge >= 0.3 is 0 Å². The molecular weight excluding hydrogens is 827 g/mol. The molecule has 2 N–H and O–H groups in total. The van der Waals surface area contributed by atoms with E-state index in [0.29, 0.717) is 33.9 Å². The summed E-state index contributed by atoms with van der Waals surface area (Å²) in [5.41, 5.74) is 10.6. The van der Waals surface area contributed by atoms with E-state index in [9.17, 15) is 10.8 Å². The maximum Gasteiger partial charge on any atom is 0.146 e. The predicted molar refractivity (Wildman–Crippen MR) is 268 cm³/mol. The first-order chi connectivity index (χ1) is 30.9. The zero-order valence-corrected chi connectivity index (χ0v) is 38.0. The van der Waals surface area contributed by atoms with Gasteiger partial charge in [0, 0.05) is 34.3 Å². The van der Waals surface area contributed by atoms with Gasteiger partial charge in [-0.2, -0.15) is 0 Å². The van der Waals surface area contributed by atoms with Gasteiger partial charge in [0.1, 0.15) is 32.5 Å². The smallest absolute Gasteiger partial charge is 0.146 e. The number of thiazole rings is 2. The van der Waals surface area contributed by atoms with Gasteiger partial charge in [-0.25, -0.2) is 9.97 Å². The fraction of sp³-hybridized carbons (Fsp3) is 0.170. The summed E-state index contributed by atoms with van der Waals surface area (Å²) < 4.78 is 2.31. The van der Waals surface area contributed by atoms with Gasteiger partial charge in [-0.1, -0.05) is 78.9 Å². The molecule has 5 aromatic carbocycles. The highest BCUT2D eigenvalue weighted by atomic mass is 32.1. The monoisotopic (exact) mass is 871 g/mol. The second-order valence-corrected chi connectivity index (χ2v) is 19.0. The van der Waals surface area contributed by atoms with Crippen LogP contribution < -0.4 is 15.6 Å². The van der Waals surface area contributed by atoms with E-state index in [4.69, 9.17) is 29.9 Å². The van der Waals surface area contributed by atoms with Crippen molar-refractivity contribution in [2.24, 2.45) is 20.0 Å². The van der Waals surface area contributed by atoms with Crippen molar-refractivity contribution in [3.05, 3.63) is 167 Å². The number of benzene rings is 5. The van der Waals surface area contributed by atoms with E-state index in [2.05, 4.69) is 72.8 Å². The van der Waals surface area contributed by atoms with Gasteiger partial charge in [0.05, 0.1) is 54.3 Å². The van der Waals surface area contributed by atoms with Crippen LogP contribution in [0.1, 0.15) is 47.1 Å². The first kappa shape index (κ1) is 41.0. The highest BCUT2D eigenvalue weighted by Gasteiger charge is 2.34. The van der Waals surface area contributed by atoms with Crippen molar-refractivity contribution in [2.75, 3.05) is 4.90 Å². The Morgan fingerprint density at radius 2 is 1.14 bits per heavy atom. The van der Waals surface area contributed by atoms with E-state index in [1.165, 1.54) is 0 Å². The molecule has 3 heterocycles. The summed E-state index contributed by atoms with van der Waals surface area (Å²) in [6, 6.07) is 37.2. The van der Waals surface area contributed by atoms with Crippen LogP contribution in [-0.2, 0) is 0 Å². The van der Waals surface area contributed by atoms with Gasteiger partial charge in [-0.15, -0.1) is 22.7 Å². The van der Waals surface area contributed by atoms with Crippen LogP contribution >= 0.6 is 22.7 Å². The van der Waals surface area contributed by atoms with E-state index >= 15 is 0 Å². The largest absolute Gasteiger partial charge is 0.304 e. The number of aromatic nitrogens is 2. The van der Waals surface area contributed by atoms with Crippen molar-refractivity contribution >= 4 is 77.2 Å². The molecule has 0 saturated carbocycles. The highest BCUT2D eigenvalue weighted by molar-refractivity contribution is 7.22. The predicted octanol–water partition coefficient (Wildman–Crippen LogP) is 11.9. The Hall–Kier alpha value is -7.08. The quantitative estimate of drug-likeness (QED) is 0.140. The van der Waals surface area contributed by atoms with Gasteiger partial charge in [0.15, 0.2) is 0 Å². The van der Waals surface area contributed by atoms with Crippen molar-refractivity contribution < 1.29 is 0 Å². The van der Waals surface area contributed by atoms with Crippen LogP contribution in [0.5, 0.6) is 0 Å². The summed E-state index contributed by atoms with van der Waals surface area (Å²) in [5.74, 6) is 0. The van der Waals surface area contributed by atoms with E-state index < -0.39 is 5.66 Å². The zero-order valence-electron chi connectivity index (χ0n) is 36.4. The van der Waals surface area contributed by atoms with Crippen LogP contribution in [0.3, 0.4) is 0 Å². The molecule has 7 aromatic rings. The Morgan fingerprint density at radius 3 is 1.73 bits per heavy atom. The molecule has 0 saturated heterocycles. The third kappa shape index (κ3) is 7.60. The lowest BCUT2D eigenvalue weighted by atomic mass is 9.90. The summed E-state index contributed by atoms with van der Waals surface area (Å²) in [6.45, 7) is 12.1. The lowest BCUT2D eigenvalue weighted by Crippen LogP contribution is -2.42. The second kappa shape index (κ2) is 16.2. The highest BCUT2D eigenvalue weighted by Crippen LogP contribution is 2.36. The van der Waals surface area contributed by atoms with Crippen molar-refractivity contribution in [2.45, 2.75) is 59.3 Å². The third-order valence-corrected chi connectivity index (χ3v) is 13.2. The van der Waals surface area contributed by atoms with E-state index in [1.807, 2.05) is 113 Å². The van der Waals surface area contributed by atoms with Crippen LogP contribution in [0.15, 0.2) is 171 Å². The number of para-hydroxylation sites is 2. The summed E-state index contributed by atoms with van der Waals surface area (Å²) in [4.78, 5) is 32.3. The molecule has 3 aliphatic rings. The minimum absolute atomic E-state index is 0.0151. The average Bonchev–Trinajstić information content (AvgIpc) is 4.01. The molecule has 11 heteroatoms. The molecule has 0 atom stereocenters. The summed E-state index contributed by atoms with van der Waals surface area (Å²) in [6.07, 6.45) is 9.79. The molecule has 64 heavy (non-hydrogen) atoms. The van der Waals surface area contributed by atoms with Gasteiger partial charge < -0.3 is 4.90 Å². The molecule has 0 spiro atoms. The van der Waals surface area contributed by atoms with Crippen molar-refractivity contribution in [1.82, 2.24) is 9.97 Å². The van der Waals surface area contributed by atoms with Crippen LogP contribution in [0.4, 0.5) is 5.69 Å². The molecule has 0 radical (unpaired) electrons. The lowest BCUT2D eigenvalue weighted by molar-refractivity contribution is 0.549. The molecule has 0 fully saturated rings. The number of anilines is 1. The first-order valence-electron chi connectivity index (χ1n) is 21.4. The molecule has 2 aromatic heterocycles. The third-order valence-electron chi connectivity index (χ3n) is 11.1. The maximum atomic E-state index is 9.85. The van der Waals surface area contributed by atoms with E-state index in [0.717, 1.165) is 74.9 Å². The number of nitrogens with one attached hydrogen (secondary N) is 2. The van der Waals surface area contributed by atoms with Crippen molar-refractivity contribution in [3.63, 3.8) is 0 Å².